The molecule has 0 aliphatic carbocycles. The number of carbonyl (C=O) groups is 1. The number of rotatable bonds is 4. The Kier molecular flexibility index (Phi) is 4.85. The van der Waals surface area contributed by atoms with E-state index in [1.807, 2.05) is 68.6 Å². The van der Waals surface area contributed by atoms with Crippen LogP contribution in [-0.4, -0.2) is 26.1 Å². The molecule has 0 bridgehead atoms. The van der Waals surface area contributed by atoms with E-state index in [1.54, 1.807) is 0 Å². The summed E-state index contributed by atoms with van der Waals surface area (Å²) in [6, 6.07) is 9.75. The van der Waals surface area contributed by atoms with Gasteiger partial charge >= 0.3 is 6.09 Å². The topological polar surface area (TPSA) is 108 Å². The van der Waals surface area contributed by atoms with Crippen molar-refractivity contribution >= 4 is 34.5 Å². The first-order valence-corrected chi connectivity index (χ1v) is 9.80. The van der Waals surface area contributed by atoms with E-state index in [0.29, 0.717) is 11.3 Å². The second-order valence-corrected chi connectivity index (χ2v) is 8.27. The van der Waals surface area contributed by atoms with E-state index in [9.17, 15) is 4.79 Å². The Hall–Kier alpha value is -3.55. The number of nitrogens with one attached hydrogen (secondary N) is 1. The molecule has 4 aromatic rings. The molecule has 1 amide bonds. The van der Waals surface area contributed by atoms with E-state index in [4.69, 9.17) is 19.9 Å². The summed E-state index contributed by atoms with van der Waals surface area (Å²) >= 11 is 0. The Labute approximate surface area is 174 Å². The average Bonchev–Trinajstić information content (AvgIpc) is 3.16. The molecule has 0 fully saturated rings. The van der Waals surface area contributed by atoms with Gasteiger partial charge in [-0.2, -0.15) is 4.98 Å². The van der Waals surface area contributed by atoms with Crippen molar-refractivity contribution in [2.24, 2.45) is 0 Å². The summed E-state index contributed by atoms with van der Waals surface area (Å²) < 4.78 is 12.7. The maximum atomic E-state index is 12.0. The molecule has 0 radical (unpaired) electrons. The standard InChI is InChI=1S/C22H25N5O3/c1-13-16(7-5-14-6-8-17-18(11-14)29-20(23)26-17)25-19-12-15(9-10-27(13)19)24-21(28)30-22(2,3)4/h6,8-12H,5,7H2,1-4H3,(H2,23,26)(H,24,28). The number of nitrogens with two attached hydrogens (primary N) is 1. The number of ether oxygens (including phenoxy) is 1. The minimum Gasteiger partial charge on any atom is -0.444 e. The molecule has 8 nitrogen and oxygen atoms in total. The zero-order chi connectivity index (χ0) is 21.5. The van der Waals surface area contributed by atoms with Crippen molar-refractivity contribution in [2.45, 2.75) is 46.1 Å². The highest BCUT2D eigenvalue weighted by molar-refractivity contribution is 5.85. The maximum Gasteiger partial charge on any atom is 0.412 e. The lowest BCUT2D eigenvalue weighted by Gasteiger charge is -2.19. The quantitative estimate of drug-likeness (QED) is 0.516. The number of fused-ring (bicyclic) bond motifs is 2. The predicted octanol–water partition coefficient (Wildman–Crippen LogP) is 4.50. The summed E-state index contributed by atoms with van der Waals surface area (Å²) in [6.07, 6.45) is 3.00. The third-order valence-corrected chi connectivity index (χ3v) is 4.73. The molecule has 3 aromatic heterocycles. The van der Waals surface area contributed by atoms with E-state index in [0.717, 1.165) is 41.0 Å². The van der Waals surface area contributed by atoms with Gasteiger partial charge < -0.3 is 19.3 Å². The van der Waals surface area contributed by atoms with E-state index in [1.165, 1.54) is 0 Å². The van der Waals surface area contributed by atoms with Gasteiger partial charge in [-0.1, -0.05) is 6.07 Å². The van der Waals surface area contributed by atoms with Gasteiger partial charge in [-0.15, -0.1) is 0 Å². The summed E-state index contributed by atoms with van der Waals surface area (Å²) in [5, 5.41) is 2.76. The van der Waals surface area contributed by atoms with Crippen LogP contribution in [0.25, 0.3) is 16.7 Å². The molecular weight excluding hydrogens is 382 g/mol. The highest BCUT2D eigenvalue weighted by Gasteiger charge is 2.17. The van der Waals surface area contributed by atoms with Crippen LogP contribution >= 0.6 is 0 Å². The molecule has 0 aliphatic rings. The number of benzene rings is 1. The van der Waals surface area contributed by atoms with Crippen LogP contribution in [0.4, 0.5) is 16.5 Å². The highest BCUT2D eigenvalue weighted by Crippen LogP contribution is 2.21. The fourth-order valence-corrected chi connectivity index (χ4v) is 3.36. The number of nitrogens with zero attached hydrogens (tertiary/aromatic N) is 3. The second kappa shape index (κ2) is 7.37. The lowest BCUT2D eigenvalue weighted by Crippen LogP contribution is -2.27. The second-order valence-electron chi connectivity index (χ2n) is 8.27. The summed E-state index contributed by atoms with van der Waals surface area (Å²) in [5.74, 6) is 0. The van der Waals surface area contributed by atoms with Gasteiger partial charge in [0.1, 0.15) is 16.8 Å². The lowest BCUT2D eigenvalue weighted by atomic mass is 10.1. The number of amides is 1. The van der Waals surface area contributed by atoms with Gasteiger partial charge in [0.15, 0.2) is 5.58 Å². The van der Waals surface area contributed by atoms with Gasteiger partial charge in [-0.3, -0.25) is 5.32 Å². The number of aromatic nitrogens is 3. The number of pyridine rings is 1. The van der Waals surface area contributed by atoms with Gasteiger partial charge in [0.25, 0.3) is 6.01 Å². The maximum absolute atomic E-state index is 12.0. The Bertz CT molecular complexity index is 1230. The summed E-state index contributed by atoms with van der Waals surface area (Å²) in [7, 11) is 0. The van der Waals surface area contributed by atoms with E-state index < -0.39 is 11.7 Å². The third kappa shape index (κ3) is 4.22. The minimum absolute atomic E-state index is 0.175. The first-order valence-electron chi connectivity index (χ1n) is 9.80. The number of oxazole rings is 1. The van der Waals surface area contributed by atoms with E-state index in [2.05, 4.69) is 10.3 Å². The monoisotopic (exact) mass is 407 g/mol. The van der Waals surface area contributed by atoms with Crippen molar-refractivity contribution in [2.75, 3.05) is 11.1 Å². The van der Waals surface area contributed by atoms with Gasteiger partial charge in [0, 0.05) is 23.6 Å². The zero-order valence-electron chi connectivity index (χ0n) is 17.5. The van der Waals surface area contributed by atoms with Gasteiger partial charge in [0.05, 0.1) is 5.69 Å². The Morgan fingerprint density at radius 1 is 1.20 bits per heavy atom. The molecule has 156 valence electrons. The van der Waals surface area contributed by atoms with Crippen molar-refractivity contribution in [3.63, 3.8) is 0 Å². The predicted molar refractivity (Wildman–Crippen MR) is 116 cm³/mol. The Balaban J connectivity index is 1.50. The summed E-state index contributed by atoms with van der Waals surface area (Å²) in [4.78, 5) is 20.9. The van der Waals surface area contributed by atoms with Crippen molar-refractivity contribution in [3.8, 4) is 0 Å². The SMILES string of the molecule is Cc1c(CCc2ccc3nc(N)oc3c2)nc2cc(NC(=O)OC(C)(C)C)ccn12. The molecule has 0 spiro atoms. The molecule has 30 heavy (non-hydrogen) atoms. The number of imidazole rings is 1. The first kappa shape index (κ1) is 19.8. The molecule has 0 saturated heterocycles. The summed E-state index contributed by atoms with van der Waals surface area (Å²) in [5.41, 5.74) is 11.1. The van der Waals surface area contributed by atoms with Crippen molar-refractivity contribution in [3.05, 3.63) is 53.5 Å². The van der Waals surface area contributed by atoms with Crippen LogP contribution in [0.15, 0.2) is 40.9 Å². The molecule has 0 aliphatic heterocycles. The summed E-state index contributed by atoms with van der Waals surface area (Å²) in [6.45, 7) is 7.52. The average molecular weight is 407 g/mol. The lowest BCUT2D eigenvalue weighted by molar-refractivity contribution is 0.0636. The fraction of sp³-hybridized carbons (Fsp3) is 0.318. The first-order chi connectivity index (χ1) is 14.2. The molecule has 0 atom stereocenters. The third-order valence-electron chi connectivity index (χ3n) is 4.73. The van der Waals surface area contributed by atoms with E-state index in [-0.39, 0.29) is 6.01 Å². The number of hydrogen-bond donors (Lipinski definition) is 2. The number of hydrogen-bond acceptors (Lipinski definition) is 6. The van der Waals surface area contributed by atoms with Crippen LogP contribution in [0.1, 0.15) is 37.7 Å². The molecule has 3 heterocycles. The number of anilines is 2. The van der Waals surface area contributed by atoms with Crippen LogP contribution < -0.4 is 11.1 Å². The van der Waals surface area contributed by atoms with E-state index >= 15 is 0 Å². The molecule has 4 rings (SSSR count). The van der Waals surface area contributed by atoms with Crippen LogP contribution in [0.2, 0.25) is 0 Å². The normalized spacial score (nSPS) is 11.9. The smallest absolute Gasteiger partial charge is 0.412 e. The Morgan fingerprint density at radius 3 is 2.77 bits per heavy atom. The van der Waals surface area contributed by atoms with Crippen LogP contribution in [0, 0.1) is 6.92 Å². The zero-order valence-corrected chi connectivity index (χ0v) is 17.5. The molecular formula is C22H25N5O3. The van der Waals surface area contributed by atoms with Gasteiger partial charge in [-0.05, 0) is 64.3 Å². The van der Waals surface area contributed by atoms with Crippen molar-refractivity contribution in [1.82, 2.24) is 14.4 Å². The van der Waals surface area contributed by atoms with Crippen molar-refractivity contribution in [1.29, 1.82) is 0 Å². The number of aryl methyl sites for hydroxylation is 3. The molecule has 0 saturated carbocycles. The molecule has 1 aromatic carbocycles. The fourth-order valence-electron chi connectivity index (χ4n) is 3.36. The van der Waals surface area contributed by atoms with Crippen LogP contribution in [-0.2, 0) is 17.6 Å². The largest absolute Gasteiger partial charge is 0.444 e. The molecule has 0 unspecified atom stereocenters. The van der Waals surface area contributed by atoms with Gasteiger partial charge in [0.2, 0.25) is 0 Å². The molecule has 3 N–H and O–H groups in total. The number of nitrogen functional groups attached to an aromatic ring is 1. The van der Waals surface area contributed by atoms with Crippen LogP contribution in [0.5, 0.6) is 0 Å². The molecule has 8 heteroatoms. The number of carbonyl (C=O) groups excluding carboxylic acids is 1. The minimum atomic E-state index is -0.550. The van der Waals surface area contributed by atoms with Crippen molar-refractivity contribution < 1.29 is 13.9 Å². The Morgan fingerprint density at radius 2 is 2.00 bits per heavy atom. The highest BCUT2D eigenvalue weighted by atomic mass is 16.6. The van der Waals surface area contributed by atoms with Crippen LogP contribution in [0.3, 0.4) is 0 Å². The van der Waals surface area contributed by atoms with Gasteiger partial charge in [-0.25, -0.2) is 9.78 Å².